The maximum Gasteiger partial charge on any atom is 0.225 e. The second-order valence-corrected chi connectivity index (χ2v) is 6.48. The summed E-state index contributed by atoms with van der Waals surface area (Å²) in [5.74, 6) is 1.62. The Hall–Kier alpha value is -2.24. The minimum atomic E-state index is -0.368. The van der Waals surface area contributed by atoms with E-state index in [4.69, 9.17) is 4.74 Å². The fraction of sp³-hybridized carbons (Fsp3) is 0.556. The van der Waals surface area contributed by atoms with E-state index in [2.05, 4.69) is 20.9 Å². The van der Waals surface area contributed by atoms with Gasteiger partial charge in [0.2, 0.25) is 5.91 Å². The Labute approximate surface area is 145 Å². The smallest absolute Gasteiger partial charge is 0.225 e. The van der Waals surface area contributed by atoms with Crippen LogP contribution in [0.2, 0.25) is 0 Å². The van der Waals surface area contributed by atoms with Crippen molar-refractivity contribution < 1.29 is 9.53 Å². The van der Waals surface area contributed by atoms with Gasteiger partial charge in [-0.1, -0.05) is 32.9 Å². The molecule has 134 valence electrons. The Morgan fingerprint density at radius 2 is 1.71 bits per heavy atom. The number of aliphatic imine (C=N–C) groups is 1. The zero-order chi connectivity index (χ0) is 18.0. The van der Waals surface area contributed by atoms with Crippen LogP contribution >= 0.6 is 0 Å². The molecule has 0 radical (unpaired) electrons. The van der Waals surface area contributed by atoms with E-state index in [1.165, 1.54) is 0 Å². The van der Waals surface area contributed by atoms with E-state index < -0.39 is 0 Å². The second kappa shape index (κ2) is 9.80. The molecule has 1 rings (SSSR count). The molecule has 0 fully saturated rings. The van der Waals surface area contributed by atoms with Gasteiger partial charge in [-0.25, -0.2) is 4.99 Å². The van der Waals surface area contributed by atoms with Crippen LogP contribution in [0.1, 0.15) is 33.3 Å². The first-order chi connectivity index (χ1) is 11.4. The van der Waals surface area contributed by atoms with E-state index in [1.54, 1.807) is 7.11 Å². The normalized spacial score (nSPS) is 11.8. The Kier molecular flexibility index (Phi) is 8.09. The van der Waals surface area contributed by atoms with Crippen LogP contribution in [-0.2, 0) is 11.3 Å². The third-order valence-electron chi connectivity index (χ3n) is 3.31. The van der Waals surface area contributed by atoms with Crippen LogP contribution in [0.3, 0.4) is 0 Å². The topological polar surface area (TPSA) is 74.8 Å². The summed E-state index contributed by atoms with van der Waals surface area (Å²) in [6.45, 7) is 10.3. The molecule has 0 saturated carbocycles. The van der Waals surface area contributed by atoms with Crippen LogP contribution in [0.5, 0.6) is 5.75 Å². The quantitative estimate of drug-likeness (QED) is 0.404. The second-order valence-electron chi connectivity index (χ2n) is 6.48. The summed E-state index contributed by atoms with van der Waals surface area (Å²) in [7, 11) is 1.65. The lowest BCUT2D eigenvalue weighted by molar-refractivity contribution is -0.128. The predicted molar refractivity (Wildman–Crippen MR) is 98.3 cm³/mol. The van der Waals surface area contributed by atoms with E-state index >= 15 is 0 Å². The van der Waals surface area contributed by atoms with Crippen molar-refractivity contribution in [3.63, 3.8) is 0 Å². The van der Waals surface area contributed by atoms with E-state index in [0.29, 0.717) is 19.6 Å². The largest absolute Gasteiger partial charge is 0.497 e. The number of guanidine groups is 1. The number of nitrogens with zero attached hydrogens (tertiary/aromatic N) is 1. The van der Waals surface area contributed by atoms with Gasteiger partial charge in [0, 0.05) is 25.0 Å². The summed E-state index contributed by atoms with van der Waals surface area (Å²) < 4.78 is 5.15. The maximum absolute atomic E-state index is 11.8. The molecule has 0 bridgehead atoms. The van der Waals surface area contributed by atoms with E-state index in [9.17, 15) is 4.79 Å². The molecular formula is C18H30N4O2. The zero-order valence-electron chi connectivity index (χ0n) is 15.4. The number of amides is 1. The van der Waals surface area contributed by atoms with Crippen LogP contribution < -0.4 is 20.7 Å². The summed E-state index contributed by atoms with van der Waals surface area (Å²) in [5, 5.41) is 9.32. The van der Waals surface area contributed by atoms with Gasteiger partial charge < -0.3 is 20.7 Å². The molecule has 6 nitrogen and oxygen atoms in total. The average Bonchev–Trinajstić information content (AvgIpc) is 2.55. The van der Waals surface area contributed by atoms with Crippen LogP contribution in [0.25, 0.3) is 0 Å². The number of benzene rings is 1. The summed E-state index contributed by atoms with van der Waals surface area (Å²) in [5.41, 5.74) is 0.737. The fourth-order valence-electron chi connectivity index (χ4n) is 1.87. The van der Waals surface area contributed by atoms with Gasteiger partial charge in [0.15, 0.2) is 5.96 Å². The molecule has 1 amide bonds. The van der Waals surface area contributed by atoms with Gasteiger partial charge in [0.05, 0.1) is 13.7 Å². The number of rotatable bonds is 7. The lowest BCUT2D eigenvalue weighted by Crippen LogP contribution is -2.43. The number of hydrogen-bond acceptors (Lipinski definition) is 3. The van der Waals surface area contributed by atoms with Crippen molar-refractivity contribution in [3.8, 4) is 5.75 Å². The molecule has 24 heavy (non-hydrogen) atoms. The Bertz CT molecular complexity index is 533. The first kappa shape index (κ1) is 19.8. The third-order valence-corrected chi connectivity index (χ3v) is 3.31. The van der Waals surface area contributed by atoms with Gasteiger partial charge in [0.25, 0.3) is 0 Å². The molecule has 0 aliphatic carbocycles. The first-order valence-electron chi connectivity index (χ1n) is 8.30. The Balaban J connectivity index is 2.46. The summed E-state index contributed by atoms with van der Waals surface area (Å²) in [6, 6.07) is 7.84. The van der Waals surface area contributed by atoms with Crippen LogP contribution in [-0.4, -0.2) is 38.6 Å². The molecule has 0 spiro atoms. The summed E-state index contributed by atoms with van der Waals surface area (Å²) >= 11 is 0. The molecule has 0 atom stereocenters. The lowest BCUT2D eigenvalue weighted by Gasteiger charge is -2.18. The van der Waals surface area contributed by atoms with Gasteiger partial charge >= 0.3 is 0 Å². The SMILES string of the molecule is CCNC(=NCc1ccc(OC)cc1)NCCNC(=O)C(C)(C)C. The van der Waals surface area contributed by atoms with Crippen LogP contribution in [0.15, 0.2) is 29.3 Å². The fourth-order valence-corrected chi connectivity index (χ4v) is 1.87. The van der Waals surface area contributed by atoms with Gasteiger partial charge in [0.1, 0.15) is 5.75 Å². The minimum absolute atomic E-state index is 0.0458. The van der Waals surface area contributed by atoms with Crippen molar-refractivity contribution >= 4 is 11.9 Å². The molecular weight excluding hydrogens is 304 g/mol. The molecule has 0 aromatic heterocycles. The molecule has 0 aliphatic heterocycles. The molecule has 0 aliphatic rings. The van der Waals surface area contributed by atoms with Gasteiger partial charge in [-0.15, -0.1) is 0 Å². The summed E-state index contributed by atoms with van der Waals surface area (Å²) in [4.78, 5) is 16.3. The van der Waals surface area contributed by atoms with Crippen LogP contribution in [0.4, 0.5) is 0 Å². The van der Waals surface area contributed by atoms with Crippen molar-refractivity contribution in [2.75, 3.05) is 26.7 Å². The molecule has 0 heterocycles. The highest BCUT2D eigenvalue weighted by atomic mass is 16.5. The number of methoxy groups -OCH3 is 1. The number of ether oxygens (including phenoxy) is 1. The van der Waals surface area contributed by atoms with E-state index in [0.717, 1.165) is 23.8 Å². The molecule has 0 unspecified atom stereocenters. The molecule has 1 aromatic carbocycles. The highest BCUT2D eigenvalue weighted by molar-refractivity contribution is 5.81. The number of nitrogens with one attached hydrogen (secondary N) is 3. The third kappa shape index (κ3) is 7.35. The number of carbonyl (C=O) groups excluding carboxylic acids is 1. The Morgan fingerprint density at radius 3 is 2.25 bits per heavy atom. The number of carbonyl (C=O) groups is 1. The molecule has 0 saturated heterocycles. The van der Waals surface area contributed by atoms with Crippen molar-refractivity contribution in [1.82, 2.24) is 16.0 Å². The van der Waals surface area contributed by atoms with Gasteiger partial charge in [-0.2, -0.15) is 0 Å². The molecule has 3 N–H and O–H groups in total. The van der Waals surface area contributed by atoms with Crippen molar-refractivity contribution in [3.05, 3.63) is 29.8 Å². The highest BCUT2D eigenvalue weighted by Gasteiger charge is 2.20. The summed E-state index contributed by atoms with van der Waals surface area (Å²) in [6.07, 6.45) is 0. The lowest BCUT2D eigenvalue weighted by atomic mass is 9.96. The first-order valence-corrected chi connectivity index (χ1v) is 8.30. The van der Waals surface area contributed by atoms with E-state index in [-0.39, 0.29) is 11.3 Å². The number of hydrogen-bond donors (Lipinski definition) is 3. The van der Waals surface area contributed by atoms with Gasteiger partial charge in [-0.3, -0.25) is 4.79 Å². The molecule has 6 heteroatoms. The standard InChI is InChI=1S/C18H30N4O2/c1-6-19-17(21-12-11-20-16(23)18(2,3)4)22-13-14-7-9-15(24-5)10-8-14/h7-10H,6,11-13H2,1-5H3,(H,20,23)(H2,19,21,22). The molecule has 1 aromatic rings. The van der Waals surface area contributed by atoms with Crippen molar-refractivity contribution in [2.24, 2.45) is 10.4 Å². The maximum atomic E-state index is 11.8. The van der Waals surface area contributed by atoms with Crippen molar-refractivity contribution in [1.29, 1.82) is 0 Å². The average molecular weight is 334 g/mol. The predicted octanol–water partition coefficient (Wildman–Crippen LogP) is 1.91. The zero-order valence-corrected chi connectivity index (χ0v) is 15.4. The highest BCUT2D eigenvalue weighted by Crippen LogP contribution is 2.12. The Morgan fingerprint density at radius 1 is 1.08 bits per heavy atom. The van der Waals surface area contributed by atoms with E-state index in [1.807, 2.05) is 52.0 Å². The van der Waals surface area contributed by atoms with Crippen molar-refractivity contribution in [2.45, 2.75) is 34.2 Å². The minimum Gasteiger partial charge on any atom is -0.497 e. The van der Waals surface area contributed by atoms with Crippen LogP contribution in [0, 0.1) is 5.41 Å². The monoisotopic (exact) mass is 334 g/mol. The van der Waals surface area contributed by atoms with Gasteiger partial charge in [-0.05, 0) is 24.6 Å².